The smallest absolute Gasteiger partial charge is 0.408 e. The number of methoxy groups -OCH3 is 1. The molecule has 3 fully saturated rings. The maximum Gasteiger partial charge on any atom is 0.408 e. The van der Waals surface area contributed by atoms with Gasteiger partial charge in [0.25, 0.3) is 0 Å². The highest BCUT2D eigenvalue weighted by Gasteiger charge is 2.67. The van der Waals surface area contributed by atoms with Gasteiger partial charge in [-0.1, -0.05) is 26.8 Å². The van der Waals surface area contributed by atoms with Crippen molar-refractivity contribution in [1.82, 2.24) is 25.5 Å². The lowest BCUT2D eigenvalue weighted by Crippen LogP contribution is -2.58. The van der Waals surface area contributed by atoms with E-state index in [1.54, 1.807) is 32.2 Å². The molecule has 310 valence electrons. The van der Waals surface area contributed by atoms with Crippen LogP contribution in [0.15, 0.2) is 42.3 Å². The molecule has 15 nitrogen and oxygen atoms in total. The third-order valence-electron chi connectivity index (χ3n) is 10.7. The molecule has 0 bridgehead atoms. The number of carbonyl (C=O) groups excluding carboxylic acids is 3. The van der Waals surface area contributed by atoms with Gasteiger partial charge in [-0.15, -0.1) is 17.9 Å². The molecule has 17 heteroatoms. The molecule has 3 heterocycles. The number of aromatic nitrogens is 2. The molecular formula is C40H55N6O9PS. The Labute approximate surface area is 337 Å². The van der Waals surface area contributed by atoms with E-state index in [1.807, 2.05) is 46.1 Å². The number of rotatable bonds is 15. The molecule has 1 aliphatic heterocycles. The predicted molar refractivity (Wildman–Crippen MR) is 218 cm³/mol. The molecule has 0 radical (unpaired) electrons. The molecule has 1 aromatic carbocycles. The average Bonchev–Trinajstić information content (AvgIpc) is 3.55. The van der Waals surface area contributed by atoms with E-state index in [4.69, 9.17) is 28.7 Å². The molecule has 2 saturated carbocycles. The highest BCUT2D eigenvalue weighted by molar-refractivity contribution is 7.55. The van der Waals surface area contributed by atoms with Crippen molar-refractivity contribution in [3.8, 4) is 22.9 Å². The number of carbonyl (C=O) groups is 3. The Hall–Kier alpha value is -4.24. The van der Waals surface area contributed by atoms with Crippen LogP contribution in [-0.4, -0.2) is 93.5 Å². The van der Waals surface area contributed by atoms with Gasteiger partial charge in [0.2, 0.25) is 11.8 Å². The lowest BCUT2D eigenvalue weighted by molar-refractivity contribution is -0.142. The fourth-order valence-electron chi connectivity index (χ4n) is 7.60. The molecule has 2 aliphatic carbocycles. The van der Waals surface area contributed by atoms with Crippen LogP contribution in [0.25, 0.3) is 22.3 Å². The Morgan fingerprint density at radius 2 is 1.88 bits per heavy atom. The summed E-state index contributed by atoms with van der Waals surface area (Å²) in [5.41, 5.74) is 0.986. The van der Waals surface area contributed by atoms with E-state index in [1.165, 1.54) is 22.3 Å². The van der Waals surface area contributed by atoms with E-state index in [0.717, 1.165) is 30.8 Å². The van der Waals surface area contributed by atoms with Gasteiger partial charge in [0.05, 0.1) is 31.5 Å². The van der Waals surface area contributed by atoms with Crippen molar-refractivity contribution < 1.29 is 42.6 Å². The van der Waals surface area contributed by atoms with Crippen LogP contribution in [0, 0.1) is 11.3 Å². The lowest BCUT2D eigenvalue weighted by atomic mass is 9.85. The number of fused-ring (bicyclic) bond motifs is 1. The van der Waals surface area contributed by atoms with Gasteiger partial charge >= 0.3 is 13.7 Å². The van der Waals surface area contributed by atoms with E-state index >= 15 is 0 Å². The Bertz CT molecular complexity index is 2030. The fourth-order valence-corrected chi connectivity index (χ4v) is 10.2. The quantitative estimate of drug-likeness (QED) is 0.0922. The van der Waals surface area contributed by atoms with E-state index in [-0.39, 0.29) is 38.1 Å². The number of thiazole rings is 1. The minimum Gasteiger partial charge on any atom is -0.497 e. The molecule has 4 N–H and O–H groups in total. The first kappa shape index (κ1) is 42.4. The maximum absolute atomic E-state index is 14.7. The third kappa shape index (κ3) is 9.24. The summed E-state index contributed by atoms with van der Waals surface area (Å²) in [7, 11) is -2.78. The molecule has 1 saturated heterocycles. The Morgan fingerprint density at radius 1 is 1.14 bits per heavy atom. The van der Waals surface area contributed by atoms with Gasteiger partial charge in [0, 0.05) is 41.3 Å². The van der Waals surface area contributed by atoms with Gasteiger partial charge in [0.15, 0.2) is 5.13 Å². The normalized spacial score (nSPS) is 23.8. The maximum atomic E-state index is 14.7. The van der Waals surface area contributed by atoms with Gasteiger partial charge in [-0.2, -0.15) is 0 Å². The number of nitrogens with one attached hydrogen (secondary N) is 3. The van der Waals surface area contributed by atoms with Crippen LogP contribution in [0.5, 0.6) is 11.5 Å². The Kier molecular flexibility index (Phi) is 12.6. The third-order valence-corrected chi connectivity index (χ3v) is 13.7. The molecule has 2 aromatic heterocycles. The van der Waals surface area contributed by atoms with E-state index < -0.39 is 60.3 Å². The second-order valence-electron chi connectivity index (χ2n) is 16.4. The second kappa shape index (κ2) is 16.9. The van der Waals surface area contributed by atoms with Crippen LogP contribution in [0.2, 0.25) is 0 Å². The van der Waals surface area contributed by atoms with Crippen LogP contribution in [0.3, 0.4) is 0 Å². The SMILES string of the molecule is C=C[C@@H]1C[C@]1(NC(=O)[C@@H]1C[C@@H](Oc2cc(-c3csc(NC(C)C)n3)nc3cc(OC)ccc23)CN1C(=O)[C@@H](NC(=O)OC1CCCC1)C(C)(C)C)P(=O)(O)OCC. The van der Waals surface area contributed by atoms with Gasteiger partial charge in [0.1, 0.15) is 46.8 Å². The van der Waals surface area contributed by atoms with Gasteiger partial charge in [-0.3, -0.25) is 14.2 Å². The van der Waals surface area contributed by atoms with Crippen molar-refractivity contribution in [2.75, 3.05) is 25.6 Å². The zero-order chi connectivity index (χ0) is 41.3. The number of likely N-dealkylation sites (tertiary alicyclic amines) is 1. The molecule has 57 heavy (non-hydrogen) atoms. The fraction of sp³-hybridized carbons (Fsp3) is 0.575. The van der Waals surface area contributed by atoms with Gasteiger partial charge < -0.3 is 44.5 Å². The van der Waals surface area contributed by atoms with Crippen LogP contribution >= 0.6 is 18.9 Å². The minimum atomic E-state index is -4.36. The number of hydrogen-bond acceptors (Lipinski definition) is 12. The predicted octanol–water partition coefficient (Wildman–Crippen LogP) is 6.86. The summed E-state index contributed by atoms with van der Waals surface area (Å²) in [6.45, 7) is 14.8. The summed E-state index contributed by atoms with van der Waals surface area (Å²) in [4.78, 5) is 64.4. The monoisotopic (exact) mass is 826 g/mol. The summed E-state index contributed by atoms with van der Waals surface area (Å²) in [6, 6.07) is 5.19. The Balaban J connectivity index is 1.34. The van der Waals surface area contributed by atoms with Crippen LogP contribution in [-0.2, 0) is 23.4 Å². The molecule has 1 unspecified atom stereocenters. The number of pyridine rings is 1. The standard InChI is InChI=1S/C40H55N6O9PS/c1-9-24-20-40(24,56(50,51)53-10-2)45-35(47)32-18-27(21-46(32)36(48)34(39(5,6)7)44-38(49)55-25-13-11-12-14-25)54-33-19-30(31-22-57-37(43-31)41-23(3)4)42-29-17-26(52-8)15-16-28(29)33/h9,15-17,19,22-25,27,32,34H,1,10-14,18,20-21H2,2-8H3,(H,41,43)(H,44,49)(H,45,47)(H,50,51)/t24-,27-,32+,34-,40+/m1/s1. The van der Waals surface area contributed by atoms with Gasteiger partial charge in [-0.25, -0.2) is 14.8 Å². The van der Waals surface area contributed by atoms with Crippen molar-refractivity contribution in [3.05, 3.63) is 42.3 Å². The summed E-state index contributed by atoms with van der Waals surface area (Å²) in [6.07, 6.45) is 3.51. The summed E-state index contributed by atoms with van der Waals surface area (Å²) >= 11 is 1.46. The van der Waals surface area contributed by atoms with Crippen molar-refractivity contribution in [3.63, 3.8) is 0 Å². The van der Waals surface area contributed by atoms with Crippen LogP contribution in [0.1, 0.15) is 80.1 Å². The van der Waals surface area contributed by atoms with E-state index in [2.05, 4.69) is 22.5 Å². The molecule has 3 aromatic rings. The summed E-state index contributed by atoms with van der Waals surface area (Å²) in [5.74, 6) is -0.630. The first-order valence-corrected chi connectivity index (χ1v) is 22.0. The summed E-state index contributed by atoms with van der Waals surface area (Å²) in [5, 5.41) is 10.7. The molecule has 3 amide bonds. The van der Waals surface area contributed by atoms with Gasteiger partial charge in [-0.05, 0) is 70.4 Å². The van der Waals surface area contributed by atoms with Crippen molar-refractivity contribution in [2.45, 2.75) is 116 Å². The zero-order valence-electron chi connectivity index (χ0n) is 33.7. The molecule has 6 atom stereocenters. The number of hydrogen-bond donors (Lipinski definition) is 4. The second-order valence-corrected chi connectivity index (χ2v) is 19.3. The molecule has 6 rings (SSSR count). The number of ether oxygens (including phenoxy) is 3. The lowest BCUT2D eigenvalue weighted by Gasteiger charge is -2.35. The van der Waals surface area contributed by atoms with Crippen molar-refractivity contribution in [2.24, 2.45) is 11.3 Å². The van der Waals surface area contributed by atoms with E-state index in [9.17, 15) is 23.8 Å². The number of benzene rings is 1. The highest BCUT2D eigenvalue weighted by Crippen LogP contribution is 2.70. The first-order valence-electron chi connectivity index (χ1n) is 19.6. The minimum absolute atomic E-state index is 0.0303. The molecular weight excluding hydrogens is 772 g/mol. The average molecular weight is 827 g/mol. The number of anilines is 1. The number of alkyl carbamates (subject to hydrolysis) is 1. The van der Waals surface area contributed by atoms with Crippen molar-refractivity contribution in [1.29, 1.82) is 0 Å². The highest BCUT2D eigenvalue weighted by atomic mass is 32.1. The topological polar surface area (TPSA) is 191 Å². The Morgan fingerprint density at radius 3 is 2.51 bits per heavy atom. The summed E-state index contributed by atoms with van der Waals surface area (Å²) < 4.78 is 36.7. The molecule has 3 aliphatic rings. The van der Waals surface area contributed by atoms with Crippen LogP contribution < -0.4 is 25.4 Å². The number of amides is 3. The number of nitrogens with zero attached hydrogens (tertiary/aromatic N) is 3. The van der Waals surface area contributed by atoms with Crippen molar-refractivity contribution >= 4 is 52.9 Å². The van der Waals surface area contributed by atoms with Crippen LogP contribution in [0.4, 0.5) is 9.93 Å². The van der Waals surface area contributed by atoms with E-state index in [0.29, 0.717) is 33.8 Å². The largest absolute Gasteiger partial charge is 0.497 e. The zero-order valence-corrected chi connectivity index (χ0v) is 35.4. The first-order chi connectivity index (χ1) is 27.0. The molecule has 0 spiro atoms.